The van der Waals surface area contributed by atoms with Crippen LogP contribution in [-0.4, -0.2) is 11.0 Å². The minimum absolute atomic E-state index is 0.0435. The van der Waals surface area contributed by atoms with Crippen LogP contribution in [0, 0.1) is 33.3 Å². The molecule has 0 saturated heterocycles. The maximum atomic E-state index is 10.7. The van der Waals surface area contributed by atoms with E-state index in [2.05, 4.69) is 19.2 Å². The lowest BCUT2D eigenvalue weighted by molar-refractivity contribution is -0.384. The lowest BCUT2D eigenvalue weighted by Crippen LogP contribution is -2.25. The molecule has 1 aromatic rings. The van der Waals surface area contributed by atoms with Gasteiger partial charge in [-0.15, -0.1) is 0 Å². The number of benzene rings is 1. The molecule has 0 aliphatic heterocycles. The lowest BCUT2D eigenvalue weighted by atomic mass is 9.93. The summed E-state index contributed by atoms with van der Waals surface area (Å²) in [6.07, 6.45) is 3.45. The first-order chi connectivity index (χ1) is 9.56. The highest BCUT2D eigenvalue weighted by molar-refractivity contribution is 5.61. The number of hydrogen-bond acceptors (Lipinski definition) is 4. The summed E-state index contributed by atoms with van der Waals surface area (Å²) in [4.78, 5) is 10.3. The van der Waals surface area contributed by atoms with Gasteiger partial charge in [-0.3, -0.25) is 10.1 Å². The van der Waals surface area contributed by atoms with E-state index in [0.29, 0.717) is 23.2 Å². The lowest BCUT2D eigenvalue weighted by Gasteiger charge is -2.22. The predicted octanol–water partition coefficient (Wildman–Crippen LogP) is 3.70. The summed E-state index contributed by atoms with van der Waals surface area (Å²) >= 11 is 0. The molecule has 0 bridgehead atoms. The number of hydrogen-bond donors (Lipinski definition) is 1. The van der Waals surface area contributed by atoms with Crippen molar-refractivity contribution in [2.24, 2.45) is 11.8 Å². The van der Waals surface area contributed by atoms with E-state index in [1.54, 1.807) is 6.07 Å². The zero-order valence-corrected chi connectivity index (χ0v) is 11.8. The highest BCUT2D eigenvalue weighted by Gasteiger charge is 2.31. The van der Waals surface area contributed by atoms with Crippen molar-refractivity contribution in [1.29, 1.82) is 5.26 Å². The fourth-order valence-corrected chi connectivity index (χ4v) is 3.09. The Kier molecular flexibility index (Phi) is 4.23. The van der Waals surface area contributed by atoms with Crippen molar-refractivity contribution in [2.75, 3.05) is 5.32 Å². The van der Waals surface area contributed by atoms with E-state index in [4.69, 9.17) is 5.26 Å². The van der Waals surface area contributed by atoms with Gasteiger partial charge >= 0.3 is 0 Å². The average Bonchev–Trinajstić information content (AvgIpc) is 2.79. The molecule has 2 rings (SSSR count). The molecule has 5 heteroatoms. The van der Waals surface area contributed by atoms with Crippen LogP contribution in [0.5, 0.6) is 0 Å². The van der Waals surface area contributed by atoms with Gasteiger partial charge in [0.2, 0.25) is 0 Å². The highest BCUT2D eigenvalue weighted by atomic mass is 16.6. The Balaban J connectivity index is 2.18. The van der Waals surface area contributed by atoms with E-state index < -0.39 is 4.92 Å². The third kappa shape index (κ3) is 2.74. The summed E-state index contributed by atoms with van der Waals surface area (Å²) in [6, 6.07) is 6.80. The molecule has 1 aromatic carbocycles. The zero-order chi connectivity index (χ0) is 14.7. The van der Waals surface area contributed by atoms with E-state index in [1.165, 1.54) is 25.0 Å². The van der Waals surface area contributed by atoms with Crippen LogP contribution in [-0.2, 0) is 0 Å². The molecule has 0 spiro atoms. The number of nitro groups is 1. The second-order valence-electron chi connectivity index (χ2n) is 5.45. The summed E-state index contributed by atoms with van der Waals surface area (Å²) in [5.74, 6) is 1.28. The third-order valence-corrected chi connectivity index (χ3v) is 4.43. The second-order valence-corrected chi connectivity index (χ2v) is 5.45. The van der Waals surface area contributed by atoms with E-state index in [9.17, 15) is 10.1 Å². The fraction of sp³-hybridized carbons (Fsp3) is 0.533. The van der Waals surface area contributed by atoms with Crippen LogP contribution in [0.25, 0.3) is 0 Å². The number of rotatable bonds is 4. The van der Waals surface area contributed by atoms with Crippen LogP contribution in [0.4, 0.5) is 11.4 Å². The van der Waals surface area contributed by atoms with Crippen LogP contribution >= 0.6 is 0 Å². The number of nitriles is 1. The Morgan fingerprint density at radius 2 is 2.25 bits per heavy atom. The van der Waals surface area contributed by atoms with Crippen molar-refractivity contribution in [1.82, 2.24) is 0 Å². The molecule has 1 aliphatic rings. The monoisotopic (exact) mass is 273 g/mol. The smallest absolute Gasteiger partial charge is 0.270 e. The molecule has 1 saturated carbocycles. The number of non-ortho nitro benzene ring substituents is 1. The Labute approximate surface area is 118 Å². The molecule has 20 heavy (non-hydrogen) atoms. The van der Waals surface area contributed by atoms with Gasteiger partial charge in [-0.2, -0.15) is 5.26 Å². The normalized spacial score (nSPS) is 25.1. The van der Waals surface area contributed by atoms with Gasteiger partial charge in [-0.25, -0.2) is 0 Å². The first-order valence-electron chi connectivity index (χ1n) is 7.01. The third-order valence-electron chi connectivity index (χ3n) is 4.43. The van der Waals surface area contributed by atoms with Gasteiger partial charge in [0.25, 0.3) is 5.69 Å². The van der Waals surface area contributed by atoms with Crippen LogP contribution in [0.15, 0.2) is 18.2 Å². The first-order valence-corrected chi connectivity index (χ1v) is 7.01. The zero-order valence-electron chi connectivity index (χ0n) is 11.8. The van der Waals surface area contributed by atoms with Crippen LogP contribution < -0.4 is 5.32 Å². The predicted molar refractivity (Wildman–Crippen MR) is 77.4 cm³/mol. The van der Waals surface area contributed by atoms with Crippen LogP contribution in [0.2, 0.25) is 0 Å². The SMILES string of the molecule is CCC1CCC(Nc2ccc([N+](=O)[O-])cc2C#N)C1C. The van der Waals surface area contributed by atoms with Crippen molar-refractivity contribution < 1.29 is 4.92 Å². The minimum Gasteiger partial charge on any atom is -0.381 e. The molecule has 0 radical (unpaired) electrons. The van der Waals surface area contributed by atoms with E-state index in [-0.39, 0.29) is 5.69 Å². The summed E-state index contributed by atoms with van der Waals surface area (Å²) in [6.45, 7) is 4.44. The first kappa shape index (κ1) is 14.3. The molecule has 5 nitrogen and oxygen atoms in total. The van der Waals surface area contributed by atoms with Gasteiger partial charge in [-0.1, -0.05) is 20.3 Å². The topological polar surface area (TPSA) is 79.0 Å². The minimum atomic E-state index is -0.476. The summed E-state index contributed by atoms with van der Waals surface area (Å²) in [5, 5.41) is 23.3. The molecule has 0 aromatic heterocycles. The average molecular weight is 273 g/mol. The molecule has 3 unspecified atom stereocenters. The van der Waals surface area contributed by atoms with Gasteiger partial charge in [0.05, 0.1) is 16.2 Å². The molecule has 0 heterocycles. The largest absolute Gasteiger partial charge is 0.381 e. The van der Waals surface area contributed by atoms with Gasteiger partial charge < -0.3 is 5.32 Å². The standard InChI is InChI=1S/C15H19N3O2/c1-3-11-4-6-14(10(11)2)17-15-7-5-13(18(19)20)8-12(15)9-16/h5,7-8,10-11,14,17H,3-4,6H2,1-2H3. The Morgan fingerprint density at radius 1 is 1.50 bits per heavy atom. The van der Waals surface area contributed by atoms with Crippen molar-refractivity contribution in [3.8, 4) is 6.07 Å². The summed E-state index contributed by atoms with van der Waals surface area (Å²) < 4.78 is 0. The van der Waals surface area contributed by atoms with E-state index in [1.807, 2.05) is 6.07 Å². The Bertz CT molecular complexity index is 551. The second kappa shape index (κ2) is 5.91. The molecule has 1 aliphatic carbocycles. The molecule has 3 atom stereocenters. The molecule has 1 N–H and O–H groups in total. The molecular weight excluding hydrogens is 254 g/mol. The molecule has 106 valence electrons. The van der Waals surface area contributed by atoms with Gasteiger partial charge in [-0.05, 0) is 30.7 Å². The number of nitrogens with one attached hydrogen (secondary N) is 1. The van der Waals surface area contributed by atoms with E-state index in [0.717, 1.165) is 12.3 Å². The quantitative estimate of drug-likeness (QED) is 0.670. The fourth-order valence-electron chi connectivity index (χ4n) is 3.09. The molecule has 0 amide bonds. The Morgan fingerprint density at radius 3 is 2.80 bits per heavy atom. The van der Waals surface area contributed by atoms with E-state index >= 15 is 0 Å². The summed E-state index contributed by atoms with van der Waals surface area (Å²) in [7, 11) is 0. The van der Waals surface area contributed by atoms with Crippen LogP contribution in [0.1, 0.15) is 38.7 Å². The number of nitro benzene ring substituents is 1. The van der Waals surface area contributed by atoms with Gasteiger partial charge in [0.1, 0.15) is 6.07 Å². The van der Waals surface area contributed by atoms with Crippen molar-refractivity contribution in [3.05, 3.63) is 33.9 Å². The molecule has 1 fully saturated rings. The molecular formula is C15H19N3O2. The van der Waals surface area contributed by atoms with Gasteiger partial charge in [0.15, 0.2) is 0 Å². The number of nitrogens with zero attached hydrogens (tertiary/aromatic N) is 2. The van der Waals surface area contributed by atoms with Crippen molar-refractivity contribution in [2.45, 2.75) is 39.2 Å². The summed E-state index contributed by atoms with van der Waals surface area (Å²) in [5.41, 5.74) is 0.996. The Hall–Kier alpha value is -2.09. The van der Waals surface area contributed by atoms with Gasteiger partial charge in [0, 0.05) is 18.2 Å². The number of anilines is 1. The van der Waals surface area contributed by atoms with Crippen molar-refractivity contribution in [3.63, 3.8) is 0 Å². The van der Waals surface area contributed by atoms with Crippen molar-refractivity contribution >= 4 is 11.4 Å². The maximum Gasteiger partial charge on any atom is 0.270 e. The highest BCUT2D eigenvalue weighted by Crippen LogP contribution is 2.36. The van der Waals surface area contributed by atoms with Crippen LogP contribution in [0.3, 0.4) is 0 Å². The maximum absolute atomic E-state index is 10.7.